The quantitative estimate of drug-likeness (QED) is 0.848. The highest BCUT2D eigenvalue weighted by Crippen LogP contribution is 2.31. The lowest BCUT2D eigenvalue weighted by atomic mass is 10.1. The zero-order chi connectivity index (χ0) is 17.3. The fraction of sp³-hybridized carbons (Fsp3) is 0.611. The lowest BCUT2D eigenvalue weighted by Gasteiger charge is -2.08. The molecule has 1 fully saturated rings. The van der Waals surface area contributed by atoms with E-state index in [-0.39, 0.29) is 5.91 Å². The number of nitrogens with zero attached hydrogens (tertiary/aromatic N) is 4. The van der Waals surface area contributed by atoms with Gasteiger partial charge in [-0.05, 0) is 46.0 Å². The van der Waals surface area contributed by atoms with E-state index >= 15 is 0 Å². The molecule has 2 aromatic heterocycles. The molecule has 130 valence electrons. The molecule has 1 amide bonds. The predicted molar refractivity (Wildman–Crippen MR) is 94.0 cm³/mol. The second kappa shape index (κ2) is 6.79. The highest BCUT2D eigenvalue weighted by molar-refractivity contribution is 5.91. The smallest absolute Gasteiger partial charge is 0.230 e. The molecule has 6 nitrogen and oxygen atoms in total. The lowest BCUT2D eigenvalue weighted by Crippen LogP contribution is -2.16. The number of aryl methyl sites for hydroxylation is 1. The van der Waals surface area contributed by atoms with Gasteiger partial charge in [-0.25, -0.2) is 0 Å². The van der Waals surface area contributed by atoms with Crippen LogP contribution in [0.25, 0.3) is 0 Å². The Bertz CT molecular complexity index is 726. The molecule has 1 aliphatic rings. The number of amides is 1. The lowest BCUT2D eigenvalue weighted by molar-refractivity contribution is -0.115. The Kier molecular flexibility index (Phi) is 4.73. The molecule has 1 N–H and O–H groups in total. The maximum atomic E-state index is 12.4. The number of carbonyl (C=O) groups excluding carboxylic acids is 1. The van der Waals surface area contributed by atoms with Crippen LogP contribution in [0.2, 0.25) is 0 Å². The van der Waals surface area contributed by atoms with Crippen LogP contribution in [-0.2, 0) is 17.8 Å². The Morgan fingerprint density at radius 3 is 2.79 bits per heavy atom. The van der Waals surface area contributed by atoms with Crippen molar-refractivity contribution >= 4 is 11.7 Å². The maximum absolute atomic E-state index is 12.4. The summed E-state index contributed by atoms with van der Waals surface area (Å²) in [6.07, 6.45) is 5.86. The van der Waals surface area contributed by atoms with E-state index in [0.717, 1.165) is 35.8 Å². The Labute approximate surface area is 143 Å². The van der Waals surface area contributed by atoms with Crippen molar-refractivity contribution in [2.75, 3.05) is 5.32 Å². The van der Waals surface area contributed by atoms with Gasteiger partial charge in [0.2, 0.25) is 5.91 Å². The third-order valence-corrected chi connectivity index (χ3v) is 4.92. The Morgan fingerprint density at radius 2 is 2.12 bits per heavy atom. The third kappa shape index (κ3) is 3.68. The van der Waals surface area contributed by atoms with Crippen LogP contribution in [0.4, 0.5) is 5.82 Å². The van der Waals surface area contributed by atoms with Crippen molar-refractivity contribution in [2.45, 2.75) is 66.0 Å². The minimum Gasteiger partial charge on any atom is -0.309 e. The van der Waals surface area contributed by atoms with E-state index in [2.05, 4.69) is 41.0 Å². The van der Waals surface area contributed by atoms with Crippen LogP contribution < -0.4 is 5.32 Å². The molecule has 3 rings (SSSR count). The van der Waals surface area contributed by atoms with E-state index in [1.807, 2.05) is 23.9 Å². The number of hydrogen-bond acceptors (Lipinski definition) is 3. The van der Waals surface area contributed by atoms with E-state index in [4.69, 9.17) is 0 Å². The average Bonchev–Trinajstić information content (AvgIpc) is 3.19. The summed E-state index contributed by atoms with van der Waals surface area (Å²) in [7, 11) is 0. The fourth-order valence-corrected chi connectivity index (χ4v) is 2.90. The van der Waals surface area contributed by atoms with Crippen molar-refractivity contribution < 1.29 is 4.79 Å². The maximum Gasteiger partial charge on any atom is 0.230 e. The van der Waals surface area contributed by atoms with Gasteiger partial charge in [-0.1, -0.05) is 6.92 Å². The fourth-order valence-electron chi connectivity index (χ4n) is 2.90. The SMILES string of the molecule is CCC(C)n1ccc(NC(=O)Cc2c(C)nn(CC3CC3)c2C)n1. The molecule has 2 aromatic rings. The number of anilines is 1. The summed E-state index contributed by atoms with van der Waals surface area (Å²) in [6.45, 7) is 9.25. The summed E-state index contributed by atoms with van der Waals surface area (Å²) >= 11 is 0. The number of hydrogen-bond donors (Lipinski definition) is 1. The number of rotatable bonds is 7. The second-order valence-electron chi connectivity index (χ2n) is 6.94. The highest BCUT2D eigenvalue weighted by atomic mass is 16.1. The standard InChI is InChI=1S/C18H27N5O/c1-5-12(2)22-9-8-17(21-22)19-18(24)10-16-13(3)20-23(14(16)4)11-15-6-7-15/h8-9,12,15H,5-7,10-11H2,1-4H3,(H,19,21,24). The number of nitrogens with one attached hydrogen (secondary N) is 1. The Hall–Kier alpha value is -2.11. The molecule has 0 radical (unpaired) electrons. The van der Waals surface area contributed by atoms with Gasteiger partial charge in [0.15, 0.2) is 5.82 Å². The van der Waals surface area contributed by atoms with E-state index < -0.39 is 0 Å². The molecule has 0 spiro atoms. The summed E-state index contributed by atoms with van der Waals surface area (Å²) in [5.74, 6) is 1.34. The van der Waals surface area contributed by atoms with Gasteiger partial charge in [-0.2, -0.15) is 10.2 Å². The molecule has 1 saturated carbocycles. The molecular weight excluding hydrogens is 302 g/mol. The second-order valence-corrected chi connectivity index (χ2v) is 6.94. The molecule has 6 heteroatoms. The molecule has 0 saturated heterocycles. The van der Waals surface area contributed by atoms with E-state index in [1.165, 1.54) is 12.8 Å². The predicted octanol–water partition coefficient (Wildman–Crippen LogP) is 3.26. The summed E-state index contributed by atoms with van der Waals surface area (Å²) in [5.41, 5.74) is 3.10. The van der Waals surface area contributed by atoms with E-state index in [9.17, 15) is 4.79 Å². The van der Waals surface area contributed by atoms with Gasteiger partial charge in [-0.3, -0.25) is 14.2 Å². The first-order valence-electron chi connectivity index (χ1n) is 8.85. The van der Waals surface area contributed by atoms with Crippen molar-refractivity contribution in [3.8, 4) is 0 Å². The molecular formula is C18H27N5O. The molecule has 1 aliphatic carbocycles. The van der Waals surface area contributed by atoms with Gasteiger partial charge in [0.1, 0.15) is 0 Å². The zero-order valence-electron chi connectivity index (χ0n) is 15.0. The summed E-state index contributed by atoms with van der Waals surface area (Å²) in [6, 6.07) is 2.18. The zero-order valence-corrected chi connectivity index (χ0v) is 15.0. The van der Waals surface area contributed by atoms with Gasteiger partial charge in [-0.15, -0.1) is 0 Å². The number of carbonyl (C=O) groups is 1. The first-order valence-corrected chi connectivity index (χ1v) is 8.85. The van der Waals surface area contributed by atoms with Crippen LogP contribution in [0, 0.1) is 19.8 Å². The largest absolute Gasteiger partial charge is 0.309 e. The first-order chi connectivity index (χ1) is 11.5. The van der Waals surface area contributed by atoms with Gasteiger partial charge >= 0.3 is 0 Å². The first kappa shape index (κ1) is 16.7. The normalized spacial score (nSPS) is 15.5. The van der Waals surface area contributed by atoms with Crippen molar-refractivity contribution in [1.29, 1.82) is 0 Å². The van der Waals surface area contributed by atoms with E-state index in [1.54, 1.807) is 0 Å². The van der Waals surface area contributed by atoms with Crippen molar-refractivity contribution in [3.05, 3.63) is 29.2 Å². The van der Waals surface area contributed by atoms with Crippen molar-refractivity contribution in [3.63, 3.8) is 0 Å². The monoisotopic (exact) mass is 329 g/mol. The third-order valence-electron chi connectivity index (χ3n) is 4.92. The van der Waals surface area contributed by atoms with E-state index in [0.29, 0.717) is 18.3 Å². The van der Waals surface area contributed by atoms with Gasteiger partial charge in [0.25, 0.3) is 0 Å². The van der Waals surface area contributed by atoms with Crippen molar-refractivity contribution in [2.24, 2.45) is 5.92 Å². The van der Waals surface area contributed by atoms with Crippen LogP contribution in [0.3, 0.4) is 0 Å². The molecule has 2 heterocycles. The molecule has 0 aromatic carbocycles. The average molecular weight is 329 g/mol. The Morgan fingerprint density at radius 1 is 1.38 bits per heavy atom. The van der Waals surface area contributed by atoms with Crippen LogP contribution in [0.5, 0.6) is 0 Å². The number of aromatic nitrogens is 4. The molecule has 0 bridgehead atoms. The van der Waals surface area contributed by atoms with Crippen molar-refractivity contribution in [1.82, 2.24) is 19.6 Å². The molecule has 1 unspecified atom stereocenters. The van der Waals surface area contributed by atoms with Gasteiger partial charge < -0.3 is 5.32 Å². The topological polar surface area (TPSA) is 64.7 Å². The summed E-state index contributed by atoms with van der Waals surface area (Å²) < 4.78 is 3.95. The van der Waals surface area contributed by atoms with Crippen LogP contribution >= 0.6 is 0 Å². The van der Waals surface area contributed by atoms with Crippen LogP contribution in [0.15, 0.2) is 12.3 Å². The summed E-state index contributed by atoms with van der Waals surface area (Å²) in [4.78, 5) is 12.4. The minimum absolute atomic E-state index is 0.0402. The minimum atomic E-state index is -0.0402. The van der Waals surface area contributed by atoms with Crippen LogP contribution in [-0.4, -0.2) is 25.5 Å². The molecule has 0 aliphatic heterocycles. The van der Waals surface area contributed by atoms with Gasteiger partial charge in [0, 0.05) is 36.1 Å². The van der Waals surface area contributed by atoms with Crippen LogP contribution in [0.1, 0.15) is 56.1 Å². The summed E-state index contributed by atoms with van der Waals surface area (Å²) in [5, 5.41) is 11.9. The molecule has 1 atom stereocenters. The Balaban J connectivity index is 1.64. The molecule has 24 heavy (non-hydrogen) atoms. The highest BCUT2D eigenvalue weighted by Gasteiger charge is 2.24. The van der Waals surface area contributed by atoms with Gasteiger partial charge in [0.05, 0.1) is 12.1 Å².